The van der Waals surface area contributed by atoms with Gasteiger partial charge >= 0.3 is 0 Å². The molecule has 0 bridgehead atoms. The number of benzene rings is 3. The molecular weight excluding hydrogens is 455 g/mol. The van der Waals surface area contributed by atoms with E-state index in [4.69, 9.17) is 5.10 Å². The van der Waals surface area contributed by atoms with Gasteiger partial charge in [-0.1, -0.05) is 12.1 Å². The second-order valence-electron chi connectivity index (χ2n) is 8.23. The third kappa shape index (κ3) is 4.16. The molecule has 1 N–H and O–H groups in total. The van der Waals surface area contributed by atoms with Gasteiger partial charge in [0.1, 0.15) is 11.5 Å². The Hall–Kier alpha value is -4.03. The quantitative estimate of drug-likeness (QED) is 0.486. The van der Waals surface area contributed by atoms with Crippen molar-refractivity contribution in [2.45, 2.75) is 12.5 Å². The molecule has 1 atom stereocenters. The number of carbonyl (C=O) groups is 1. The van der Waals surface area contributed by atoms with Crippen molar-refractivity contribution in [1.29, 1.82) is 5.26 Å². The van der Waals surface area contributed by atoms with Crippen LogP contribution in [0.3, 0.4) is 0 Å². The van der Waals surface area contributed by atoms with Gasteiger partial charge in [0, 0.05) is 22.6 Å². The monoisotopic (exact) mass is 474 g/mol. The molecule has 7 nitrogen and oxygen atoms in total. The number of hydrogen-bond donors (Lipinski definition) is 1. The molecule has 2 heterocycles. The topological polar surface area (TPSA) is 105 Å². The molecule has 9 heteroatoms. The van der Waals surface area contributed by atoms with Gasteiger partial charge in [-0.25, -0.2) is 17.5 Å². The van der Waals surface area contributed by atoms with E-state index in [1.807, 2.05) is 6.07 Å². The van der Waals surface area contributed by atoms with Crippen LogP contribution in [0.2, 0.25) is 0 Å². The van der Waals surface area contributed by atoms with E-state index in [1.165, 1.54) is 12.1 Å². The second-order valence-corrected chi connectivity index (χ2v) is 10.5. The minimum Gasteiger partial charge on any atom is -0.348 e. The number of carbonyl (C=O) groups excluding carboxylic acids is 1. The molecule has 1 amide bonds. The summed E-state index contributed by atoms with van der Waals surface area (Å²) in [5.74, 6) is -0.745. The maximum atomic E-state index is 13.5. The van der Waals surface area contributed by atoms with E-state index in [0.717, 1.165) is 10.9 Å². The van der Waals surface area contributed by atoms with Crippen LogP contribution in [0.25, 0.3) is 27.8 Å². The molecule has 1 aromatic heterocycles. The first-order chi connectivity index (χ1) is 16.3. The Labute approximate surface area is 195 Å². The lowest BCUT2D eigenvalue weighted by molar-refractivity contribution is 0.0941. The van der Waals surface area contributed by atoms with Gasteiger partial charge in [-0.05, 0) is 61.0 Å². The van der Waals surface area contributed by atoms with Crippen molar-refractivity contribution in [2.24, 2.45) is 0 Å². The standard InChI is InChI=1S/C25H19FN4O3S/c26-19-5-7-21(8-6-19)30-23-13-18(25(31)28-20-10-11-34(32,33)15-20)4-9-22(23)24(29-30)17-3-1-2-16(12-17)14-27/h1-9,12-13,20H,10-11,15H2,(H,28,31). The van der Waals surface area contributed by atoms with Gasteiger partial charge in [0.05, 0.1) is 34.3 Å². The Bertz CT molecular complexity index is 1570. The summed E-state index contributed by atoms with van der Waals surface area (Å²) in [6.07, 6.45) is 0.392. The number of amides is 1. The second kappa shape index (κ2) is 8.39. The maximum absolute atomic E-state index is 13.5. The molecule has 1 unspecified atom stereocenters. The highest BCUT2D eigenvalue weighted by Gasteiger charge is 2.29. The van der Waals surface area contributed by atoms with Crippen molar-refractivity contribution in [1.82, 2.24) is 15.1 Å². The summed E-state index contributed by atoms with van der Waals surface area (Å²) < 4.78 is 38.6. The fourth-order valence-electron chi connectivity index (χ4n) is 4.16. The lowest BCUT2D eigenvalue weighted by Gasteiger charge is -2.11. The van der Waals surface area contributed by atoms with E-state index in [0.29, 0.717) is 34.4 Å². The van der Waals surface area contributed by atoms with E-state index >= 15 is 0 Å². The van der Waals surface area contributed by atoms with Crippen LogP contribution in [0.15, 0.2) is 66.7 Å². The van der Waals surface area contributed by atoms with Crippen molar-refractivity contribution in [3.63, 3.8) is 0 Å². The number of nitriles is 1. The predicted molar refractivity (Wildman–Crippen MR) is 126 cm³/mol. The third-order valence-electron chi connectivity index (χ3n) is 5.85. The number of nitrogens with one attached hydrogen (secondary N) is 1. The van der Waals surface area contributed by atoms with Crippen molar-refractivity contribution in [3.05, 3.63) is 83.7 Å². The Kier molecular flexibility index (Phi) is 5.38. The van der Waals surface area contributed by atoms with Crippen LogP contribution >= 0.6 is 0 Å². The van der Waals surface area contributed by atoms with Crippen molar-refractivity contribution < 1.29 is 17.6 Å². The number of aromatic nitrogens is 2. The van der Waals surface area contributed by atoms with Gasteiger partial charge in [0.25, 0.3) is 5.91 Å². The Morgan fingerprint density at radius 2 is 1.91 bits per heavy atom. The smallest absolute Gasteiger partial charge is 0.251 e. The van der Waals surface area contributed by atoms with Gasteiger partial charge in [0.15, 0.2) is 9.84 Å². The number of rotatable bonds is 4. The fourth-order valence-corrected chi connectivity index (χ4v) is 5.84. The summed E-state index contributed by atoms with van der Waals surface area (Å²) in [7, 11) is -3.12. The van der Waals surface area contributed by atoms with Gasteiger partial charge in [-0.3, -0.25) is 4.79 Å². The first-order valence-electron chi connectivity index (χ1n) is 10.6. The summed E-state index contributed by atoms with van der Waals surface area (Å²) in [4.78, 5) is 12.9. The fraction of sp³-hybridized carbons (Fsp3) is 0.160. The lowest BCUT2D eigenvalue weighted by Crippen LogP contribution is -2.35. The largest absolute Gasteiger partial charge is 0.348 e. The van der Waals surface area contributed by atoms with Crippen molar-refractivity contribution in [3.8, 4) is 23.0 Å². The Morgan fingerprint density at radius 3 is 2.62 bits per heavy atom. The van der Waals surface area contributed by atoms with Gasteiger partial charge < -0.3 is 5.32 Å². The molecule has 0 spiro atoms. The zero-order valence-corrected chi connectivity index (χ0v) is 18.7. The van der Waals surface area contributed by atoms with Crippen LogP contribution in [-0.4, -0.2) is 41.7 Å². The number of nitrogens with zero attached hydrogens (tertiary/aromatic N) is 3. The highest BCUT2D eigenvalue weighted by molar-refractivity contribution is 7.91. The van der Waals surface area contributed by atoms with Gasteiger partial charge in [0.2, 0.25) is 0 Å². The van der Waals surface area contributed by atoms with Crippen LogP contribution in [0.1, 0.15) is 22.3 Å². The summed E-state index contributed by atoms with van der Waals surface area (Å²) in [6.45, 7) is 0. The SMILES string of the molecule is N#Cc1cccc(-c2nn(-c3ccc(F)cc3)c3cc(C(=O)NC4CCS(=O)(=O)C4)ccc23)c1. The molecular formula is C25H19FN4O3S. The number of hydrogen-bond acceptors (Lipinski definition) is 5. The van der Waals surface area contributed by atoms with Crippen LogP contribution in [-0.2, 0) is 9.84 Å². The maximum Gasteiger partial charge on any atom is 0.251 e. The van der Waals surface area contributed by atoms with Gasteiger partial charge in [-0.2, -0.15) is 10.4 Å². The van der Waals surface area contributed by atoms with E-state index in [2.05, 4.69) is 11.4 Å². The lowest BCUT2D eigenvalue weighted by atomic mass is 10.0. The summed E-state index contributed by atoms with van der Waals surface area (Å²) in [6, 6.07) is 19.7. The minimum atomic E-state index is -3.12. The van der Waals surface area contributed by atoms with E-state index in [9.17, 15) is 22.9 Å². The summed E-state index contributed by atoms with van der Waals surface area (Å²) >= 11 is 0. The summed E-state index contributed by atoms with van der Waals surface area (Å²) in [5.41, 5.74) is 3.43. The Balaban J connectivity index is 1.60. The molecule has 1 aliphatic heterocycles. The molecule has 0 radical (unpaired) electrons. The molecule has 4 aromatic rings. The molecule has 0 aliphatic carbocycles. The van der Waals surface area contributed by atoms with Crippen molar-refractivity contribution in [2.75, 3.05) is 11.5 Å². The van der Waals surface area contributed by atoms with Gasteiger partial charge in [-0.15, -0.1) is 0 Å². The highest BCUT2D eigenvalue weighted by Crippen LogP contribution is 2.31. The molecule has 1 fully saturated rings. The van der Waals surface area contributed by atoms with E-state index in [-0.39, 0.29) is 23.2 Å². The molecule has 170 valence electrons. The van der Waals surface area contributed by atoms with Crippen molar-refractivity contribution >= 4 is 26.6 Å². The highest BCUT2D eigenvalue weighted by atomic mass is 32.2. The number of halogens is 1. The van der Waals surface area contributed by atoms with E-state index < -0.39 is 15.9 Å². The Morgan fingerprint density at radius 1 is 1.12 bits per heavy atom. The molecule has 5 rings (SSSR count). The van der Waals surface area contributed by atoms with Crippen LogP contribution < -0.4 is 5.32 Å². The zero-order valence-electron chi connectivity index (χ0n) is 17.9. The third-order valence-corrected chi connectivity index (χ3v) is 7.62. The molecule has 3 aromatic carbocycles. The normalized spacial score (nSPS) is 16.9. The average Bonchev–Trinajstić information content (AvgIpc) is 3.38. The van der Waals surface area contributed by atoms with Crippen LogP contribution in [0.4, 0.5) is 4.39 Å². The molecule has 1 saturated heterocycles. The molecule has 34 heavy (non-hydrogen) atoms. The average molecular weight is 475 g/mol. The zero-order chi connectivity index (χ0) is 23.9. The predicted octanol–water partition coefficient (Wildman–Crippen LogP) is 3.62. The number of sulfone groups is 1. The minimum absolute atomic E-state index is 0.0616. The van der Waals surface area contributed by atoms with E-state index in [1.54, 1.807) is 53.2 Å². The molecule has 1 aliphatic rings. The first-order valence-corrected chi connectivity index (χ1v) is 12.5. The van der Waals surface area contributed by atoms with Crippen LogP contribution in [0.5, 0.6) is 0 Å². The molecule has 0 saturated carbocycles. The first kappa shape index (κ1) is 21.8. The number of fused-ring (bicyclic) bond motifs is 1. The summed E-state index contributed by atoms with van der Waals surface area (Å²) in [5, 5.41) is 17.6. The van der Waals surface area contributed by atoms with Crippen LogP contribution in [0, 0.1) is 17.1 Å².